The second-order valence-electron chi connectivity index (χ2n) is 6.63. The lowest BCUT2D eigenvalue weighted by molar-refractivity contribution is 0.0878. The summed E-state index contributed by atoms with van der Waals surface area (Å²) in [4.78, 5) is 14.7. The molecule has 2 aromatic carbocycles. The van der Waals surface area contributed by atoms with Crippen molar-refractivity contribution >= 4 is 10.8 Å². The molecule has 0 saturated heterocycles. The smallest absolute Gasteiger partial charge is 0.274 e. The molecule has 1 aromatic heterocycles. The van der Waals surface area contributed by atoms with E-state index in [-0.39, 0.29) is 12.1 Å². The van der Waals surface area contributed by atoms with Crippen LogP contribution in [0.1, 0.15) is 11.1 Å². The maximum Gasteiger partial charge on any atom is 0.274 e. The second kappa shape index (κ2) is 6.78. The van der Waals surface area contributed by atoms with Gasteiger partial charge in [0.1, 0.15) is 0 Å². The fraction of sp³-hybridized carbons (Fsp3) is 0.300. The van der Waals surface area contributed by atoms with Crippen molar-refractivity contribution in [3.8, 4) is 0 Å². The van der Waals surface area contributed by atoms with Gasteiger partial charge in [-0.05, 0) is 23.6 Å². The second-order valence-corrected chi connectivity index (χ2v) is 6.63. The highest BCUT2D eigenvalue weighted by Crippen LogP contribution is 2.18. The maximum absolute atomic E-state index is 12.5. The van der Waals surface area contributed by atoms with E-state index in [1.807, 2.05) is 18.2 Å². The van der Waals surface area contributed by atoms with Crippen LogP contribution in [0.3, 0.4) is 0 Å². The van der Waals surface area contributed by atoms with Crippen LogP contribution in [-0.4, -0.2) is 39.0 Å². The van der Waals surface area contributed by atoms with E-state index >= 15 is 0 Å². The van der Waals surface area contributed by atoms with E-state index in [1.165, 1.54) is 15.8 Å². The first-order chi connectivity index (χ1) is 12.2. The van der Waals surface area contributed by atoms with E-state index in [4.69, 9.17) is 0 Å². The van der Waals surface area contributed by atoms with Gasteiger partial charge in [0.2, 0.25) is 0 Å². The van der Waals surface area contributed by atoms with Crippen LogP contribution >= 0.6 is 0 Å². The van der Waals surface area contributed by atoms with Gasteiger partial charge in [-0.15, -0.1) is 0 Å². The molecule has 1 atom stereocenters. The first-order valence-corrected chi connectivity index (χ1v) is 8.63. The zero-order valence-electron chi connectivity index (χ0n) is 14.0. The molecule has 0 spiro atoms. The average molecular weight is 335 g/mol. The van der Waals surface area contributed by atoms with E-state index in [0.717, 1.165) is 24.9 Å². The fourth-order valence-corrected chi connectivity index (χ4v) is 3.52. The third kappa shape index (κ3) is 3.34. The van der Waals surface area contributed by atoms with Gasteiger partial charge in [-0.2, -0.15) is 5.10 Å². The highest BCUT2D eigenvalue weighted by molar-refractivity contribution is 5.80. The summed E-state index contributed by atoms with van der Waals surface area (Å²) in [5, 5.41) is 16.1. The van der Waals surface area contributed by atoms with Crippen molar-refractivity contribution in [2.45, 2.75) is 25.6 Å². The Labute approximate surface area is 146 Å². The summed E-state index contributed by atoms with van der Waals surface area (Å²) in [6.07, 6.45) is 2.05. The monoisotopic (exact) mass is 335 g/mol. The number of hydrogen-bond donors (Lipinski definition) is 1. The normalized spacial score (nSPS) is 15.9. The number of aliphatic hydroxyl groups excluding tert-OH is 1. The summed E-state index contributed by atoms with van der Waals surface area (Å²) >= 11 is 0. The van der Waals surface area contributed by atoms with Gasteiger partial charge < -0.3 is 5.11 Å². The number of fused-ring (bicyclic) bond motifs is 2. The predicted molar refractivity (Wildman–Crippen MR) is 97.4 cm³/mol. The van der Waals surface area contributed by atoms with Crippen molar-refractivity contribution in [3.63, 3.8) is 0 Å². The number of nitrogens with zero attached hydrogens (tertiary/aromatic N) is 3. The molecule has 0 aliphatic carbocycles. The number of aliphatic hydroxyl groups is 1. The first-order valence-electron chi connectivity index (χ1n) is 8.63. The van der Waals surface area contributed by atoms with Crippen LogP contribution in [0.2, 0.25) is 0 Å². The molecule has 5 nitrogen and oxygen atoms in total. The first kappa shape index (κ1) is 16.0. The van der Waals surface area contributed by atoms with Gasteiger partial charge in [-0.25, -0.2) is 4.68 Å². The summed E-state index contributed by atoms with van der Waals surface area (Å²) in [5.74, 6) is 0. The Kier molecular flexibility index (Phi) is 4.34. The molecule has 0 bridgehead atoms. The minimum Gasteiger partial charge on any atom is -0.390 e. The van der Waals surface area contributed by atoms with Gasteiger partial charge in [0.05, 0.1) is 24.2 Å². The number of rotatable bonds is 4. The van der Waals surface area contributed by atoms with Crippen molar-refractivity contribution in [2.75, 3.05) is 13.1 Å². The molecule has 4 rings (SSSR count). The van der Waals surface area contributed by atoms with E-state index in [0.29, 0.717) is 11.9 Å². The van der Waals surface area contributed by atoms with Crippen LogP contribution in [0.5, 0.6) is 0 Å². The van der Waals surface area contributed by atoms with Gasteiger partial charge in [0.15, 0.2) is 0 Å². The van der Waals surface area contributed by atoms with Crippen LogP contribution in [0.15, 0.2) is 59.5 Å². The molecule has 0 saturated carbocycles. The summed E-state index contributed by atoms with van der Waals surface area (Å²) in [6, 6.07) is 15.8. The SMILES string of the molecule is O=c1c2ccccc2cnn1CC(O)CN1CCc2ccccc2C1. The van der Waals surface area contributed by atoms with Gasteiger partial charge in [-0.1, -0.05) is 42.5 Å². The van der Waals surface area contributed by atoms with E-state index in [9.17, 15) is 9.90 Å². The van der Waals surface area contributed by atoms with E-state index in [2.05, 4.69) is 34.3 Å². The van der Waals surface area contributed by atoms with Crippen LogP contribution < -0.4 is 5.56 Å². The number of benzene rings is 2. The molecule has 1 unspecified atom stereocenters. The van der Waals surface area contributed by atoms with Gasteiger partial charge in [0.25, 0.3) is 5.56 Å². The van der Waals surface area contributed by atoms with E-state index in [1.54, 1.807) is 12.3 Å². The zero-order chi connectivity index (χ0) is 17.2. The molecule has 128 valence electrons. The zero-order valence-corrected chi connectivity index (χ0v) is 14.0. The number of aromatic nitrogens is 2. The molecule has 5 heteroatoms. The minimum atomic E-state index is -0.628. The minimum absolute atomic E-state index is 0.152. The lowest BCUT2D eigenvalue weighted by atomic mass is 10.00. The topological polar surface area (TPSA) is 58.4 Å². The Balaban J connectivity index is 1.45. The molecular formula is C20H21N3O2. The highest BCUT2D eigenvalue weighted by atomic mass is 16.3. The average Bonchev–Trinajstić information content (AvgIpc) is 2.64. The molecule has 25 heavy (non-hydrogen) atoms. The third-order valence-corrected chi connectivity index (χ3v) is 4.82. The van der Waals surface area contributed by atoms with Gasteiger partial charge in [0, 0.05) is 25.0 Å². The molecule has 1 N–H and O–H groups in total. The Morgan fingerprint density at radius 1 is 1.04 bits per heavy atom. The fourth-order valence-electron chi connectivity index (χ4n) is 3.52. The van der Waals surface area contributed by atoms with Crippen molar-refractivity contribution in [1.29, 1.82) is 0 Å². The Hall–Kier alpha value is -2.50. The predicted octanol–water partition coefficient (Wildman–Crippen LogP) is 1.82. The summed E-state index contributed by atoms with van der Waals surface area (Å²) < 4.78 is 1.37. The molecule has 2 heterocycles. The molecule has 3 aromatic rings. The quantitative estimate of drug-likeness (QED) is 0.790. The lowest BCUT2D eigenvalue weighted by Gasteiger charge is -2.30. The Morgan fingerprint density at radius 2 is 1.80 bits per heavy atom. The molecule has 0 radical (unpaired) electrons. The van der Waals surface area contributed by atoms with Crippen LogP contribution in [0.4, 0.5) is 0 Å². The highest BCUT2D eigenvalue weighted by Gasteiger charge is 2.19. The van der Waals surface area contributed by atoms with Crippen LogP contribution in [0, 0.1) is 0 Å². The van der Waals surface area contributed by atoms with Crippen molar-refractivity contribution in [1.82, 2.24) is 14.7 Å². The summed E-state index contributed by atoms with van der Waals surface area (Å²) in [6.45, 7) is 2.51. The summed E-state index contributed by atoms with van der Waals surface area (Å²) in [7, 11) is 0. The molecule has 1 aliphatic heterocycles. The van der Waals surface area contributed by atoms with Crippen molar-refractivity contribution in [3.05, 3.63) is 76.2 Å². The Morgan fingerprint density at radius 3 is 2.68 bits per heavy atom. The van der Waals surface area contributed by atoms with Gasteiger partial charge in [-0.3, -0.25) is 9.69 Å². The third-order valence-electron chi connectivity index (χ3n) is 4.82. The molecule has 0 fully saturated rings. The van der Waals surface area contributed by atoms with Gasteiger partial charge >= 0.3 is 0 Å². The molecule has 1 aliphatic rings. The molecular weight excluding hydrogens is 314 g/mol. The summed E-state index contributed by atoms with van der Waals surface area (Å²) in [5.41, 5.74) is 2.56. The standard InChI is InChI=1S/C20H21N3O2/c24-18(13-22-10-9-15-5-1-2-7-17(15)12-22)14-23-20(25)19-8-4-3-6-16(19)11-21-23/h1-8,11,18,24H,9-10,12-14H2. The van der Waals surface area contributed by atoms with Crippen LogP contribution in [0.25, 0.3) is 10.8 Å². The number of β-amino-alcohol motifs (C(OH)–C–C–N with tert-alkyl or cyclic N) is 1. The maximum atomic E-state index is 12.5. The van der Waals surface area contributed by atoms with Crippen molar-refractivity contribution in [2.24, 2.45) is 0 Å². The van der Waals surface area contributed by atoms with E-state index < -0.39 is 6.10 Å². The van der Waals surface area contributed by atoms with Crippen LogP contribution in [-0.2, 0) is 19.5 Å². The Bertz CT molecular complexity index is 951. The lowest BCUT2D eigenvalue weighted by Crippen LogP contribution is -2.40. The number of hydrogen-bond acceptors (Lipinski definition) is 4. The molecule has 0 amide bonds. The largest absolute Gasteiger partial charge is 0.390 e. The van der Waals surface area contributed by atoms with Crippen molar-refractivity contribution < 1.29 is 5.11 Å².